The van der Waals surface area contributed by atoms with E-state index in [-0.39, 0.29) is 0 Å². The fraction of sp³-hybridized carbons (Fsp3) is 0.294. The van der Waals surface area contributed by atoms with Crippen LogP contribution in [0.1, 0.15) is 41.2 Å². The molecular weight excluding hydrogens is 300 g/mol. The third kappa shape index (κ3) is 2.75. The molecule has 1 aliphatic carbocycles. The molecule has 2 heteroatoms. The molecule has 98 valence electrons. The first-order chi connectivity index (χ1) is 9.24. The Morgan fingerprint density at radius 2 is 1.47 bits per heavy atom. The first-order valence-corrected chi connectivity index (χ1v) is 7.58. The number of aliphatic hydroxyl groups is 1. The lowest BCUT2D eigenvalue weighted by Gasteiger charge is -2.19. The number of halogens is 1. The van der Waals surface area contributed by atoms with Crippen molar-refractivity contribution in [3.8, 4) is 0 Å². The van der Waals surface area contributed by atoms with Crippen LogP contribution in [0, 0.1) is 0 Å². The largest absolute Gasteiger partial charge is 0.384 e. The molecule has 1 atom stereocenters. The number of hydrogen-bond donors (Lipinski definition) is 1. The molecular formula is C17H17BrO. The van der Waals surface area contributed by atoms with Crippen LogP contribution in [-0.4, -0.2) is 5.11 Å². The summed E-state index contributed by atoms with van der Waals surface area (Å²) in [7, 11) is 0. The molecule has 0 amide bonds. The Bertz CT molecular complexity index is 574. The maximum atomic E-state index is 10.5. The second-order valence-corrected chi connectivity index (χ2v) is 6.11. The van der Waals surface area contributed by atoms with Crippen molar-refractivity contribution in [3.05, 3.63) is 69.2 Å². The summed E-state index contributed by atoms with van der Waals surface area (Å²) in [6.45, 7) is 0. The van der Waals surface area contributed by atoms with E-state index >= 15 is 0 Å². The molecule has 0 spiro atoms. The van der Waals surface area contributed by atoms with Gasteiger partial charge in [-0.3, -0.25) is 0 Å². The Morgan fingerprint density at radius 3 is 2.21 bits per heavy atom. The van der Waals surface area contributed by atoms with Crippen LogP contribution in [0.25, 0.3) is 0 Å². The molecule has 1 aliphatic rings. The maximum Gasteiger partial charge on any atom is 0.104 e. The van der Waals surface area contributed by atoms with Crippen LogP contribution >= 0.6 is 15.9 Å². The van der Waals surface area contributed by atoms with E-state index < -0.39 is 6.10 Å². The summed E-state index contributed by atoms with van der Waals surface area (Å²) in [6, 6.07) is 14.3. The number of hydrogen-bond acceptors (Lipinski definition) is 1. The van der Waals surface area contributed by atoms with E-state index in [0.29, 0.717) is 0 Å². The lowest BCUT2D eigenvalue weighted by Crippen LogP contribution is -2.06. The molecule has 1 nitrogen and oxygen atoms in total. The molecule has 0 saturated carbocycles. The molecule has 2 aromatic rings. The summed E-state index contributed by atoms with van der Waals surface area (Å²) in [5.41, 5.74) is 4.82. The highest BCUT2D eigenvalue weighted by atomic mass is 79.9. The number of benzene rings is 2. The predicted octanol–water partition coefficient (Wildman–Crippen LogP) is 4.41. The van der Waals surface area contributed by atoms with Crippen LogP contribution in [0.3, 0.4) is 0 Å². The van der Waals surface area contributed by atoms with Crippen molar-refractivity contribution in [1.82, 2.24) is 0 Å². The lowest BCUT2D eigenvalue weighted by atomic mass is 9.88. The highest BCUT2D eigenvalue weighted by Crippen LogP contribution is 2.28. The number of rotatable bonds is 2. The van der Waals surface area contributed by atoms with Crippen molar-refractivity contribution < 1.29 is 5.11 Å². The van der Waals surface area contributed by atoms with Crippen molar-refractivity contribution in [3.63, 3.8) is 0 Å². The van der Waals surface area contributed by atoms with Gasteiger partial charge in [0.15, 0.2) is 0 Å². The van der Waals surface area contributed by atoms with Crippen LogP contribution in [0.4, 0.5) is 0 Å². The van der Waals surface area contributed by atoms with E-state index in [1.165, 1.54) is 30.4 Å². The van der Waals surface area contributed by atoms with Gasteiger partial charge in [0.1, 0.15) is 6.10 Å². The van der Waals surface area contributed by atoms with E-state index in [2.05, 4.69) is 34.1 Å². The van der Waals surface area contributed by atoms with Gasteiger partial charge in [0.05, 0.1) is 0 Å². The minimum absolute atomic E-state index is 0.527. The molecule has 3 rings (SSSR count). The van der Waals surface area contributed by atoms with E-state index in [0.717, 1.165) is 22.0 Å². The normalized spacial score (nSPS) is 15.9. The molecule has 0 saturated heterocycles. The molecule has 0 aromatic heterocycles. The standard InChI is InChI=1S/C17H17BrO/c18-16-9-7-13(8-10-16)17(19)15-6-5-12-3-1-2-4-14(12)11-15/h5-11,17,19H,1-4H2. The molecule has 1 unspecified atom stereocenters. The highest BCUT2D eigenvalue weighted by molar-refractivity contribution is 9.10. The van der Waals surface area contributed by atoms with Crippen molar-refractivity contribution in [2.24, 2.45) is 0 Å². The van der Waals surface area contributed by atoms with Crippen LogP contribution < -0.4 is 0 Å². The third-order valence-corrected chi connectivity index (χ3v) is 4.40. The molecule has 0 fully saturated rings. The van der Waals surface area contributed by atoms with Crippen molar-refractivity contribution in [1.29, 1.82) is 0 Å². The zero-order chi connectivity index (χ0) is 13.2. The summed E-state index contributed by atoms with van der Waals surface area (Å²) < 4.78 is 1.04. The van der Waals surface area contributed by atoms with Crippen LogP contribution in [0.2, 0.25) is 0 Å². The van der Waals surface area contributed by atoms with Gasteiger partial charge in [-0.25, -0.2) is 0 Å². The Kier molecular flexibility index (Phi) is 3.72. The topological polar surface area (TPSA) is 20.2 Å². The zero-order valence-electron chi connectivity index (χ0n) is 10.8. The Morgan fingerprint density at radius 1 is 0.842 bits per heavy atom. The second-order valence-electron chi connectivity index (χ2n) is 5.19. The van der Waals surface area contributed by atoms with Gasteiger partial charge < -0.3 is 5.11 Å². The average molecular weight is 317 g/mol. The van der Waals surface area contributed by atoms with Gasteiger partial charge in [-0.15, -0.1) is 0 Å². The molecule has 19 heavy (non-hydrogen) atoms. The van der Waals surface area contributed by atoms with Crippen LogP contribution in [-0.2, 0) is 12.8 Å². The fourth-order valence-electron chi connectivity index (χ4n) is 2.76. The number of aliphatic hydroxyl groups excluding tert-OH is 1. The second kappa shape index (κ2) is 5.48. The summed E-state index contributed by atoms with van der Waals surface area (Å²) in [6.07, 6.45) is 4.37. The maximum absolute atomic E-state index is 10.5. The molecule has 0 bridgehead atoms. The van der Waals surface area contributed by atoms with Crippen molar-refractivity contribution in [2.75, 3.05) is 0 Å². The molecule has 0 radical (unpaired) electrons. The van der Waals surface area contributed by atoms with Gasteiger partial charge >= 0.3 is 0 Å². The molecule has 0 aliphatic heterocycles. The van der Waals surface area contributed by atoms with Gasteiger partial charge in [0, 0.05) is 4.47 Å². The lowest BCUT2D eigenvalue weighted by molar-refractivity contribution is 0.220. The highest BCUT2D eigenvalue weighted by Gasteiger charge is 2.14. The summed E-state index contributed by atoms with van der Waals surface area (Å²) in [4.78, 5) is 0. The van der Waals surface area contributed by atoms with E-state index in [1.807, 2.05) is 24.3 Å². The van der Waals surface area contributed by atoms with Gasteiger partial charge in [-0.2, -0.15) is 0 Å². The molecule has 0 heterocycles. The average Bonchev–Trinajstić information content (AvgIpc) is 2.47. The Hall–Kier alpha value is -1.12. The fourth-order valence-corrected chi connectivity index (χ4v) is 3.03. The first-order valence-electron chi connectivity index (χ1n) is 6.79. The number of aryl methyl sites for hydroxylation is 2. The van der Waals surface area contributed by atoms with Crippen molar-refractivity contribution in [2.45, 2.75) is 31.8 Å². The van der Waals surface area contributed by atoms with Crippen LogP contribution in [0.15, 0.2) is 46.9 Å². The van der Waals surface area contributed by atoms with Gasteiger partial charge in [-0.1, -0.05) is 46.3 Å². The minimum Gasteiger partial charge on any atom is -0.384 e. The molecule has 2 aromatic carbocycles. The summed E-state index contributed by atoms with van der Waals surface area (Å²) >= 11 is 3.42. The van der Waals surface area contributed by atoms with Gasteiger partial charge in [0.25, 0.3) is 0 Å². The number of fused-ring (bicyclic) bond motifs is 1. The van der Waals surface area contributed by atoms with E-state index in [1.54, 1.807) is 0 Å². The summed E-state index contributed by atoms with van der Waals surface area (Å²) in [5.74, 6) is 0. The smallest absolute Gasteiger partial charge is 0.104 e. The van der Waals surface area contributed by atoms with Crippen molar-refractivity contribution >= 4 is 15.9 Å². The van der Waals surface area contributed by atoms with E-state index in [4.69, 9.17) is 0 Å². The van der Waals surface area contributed by atoms with Crippen LogP contribution in [0.5, 0.6) is 0 Å². The SMILES string of the molecule is OC(c1ccc(Br)cc1)c1ccc2c(c1)CCCC2. The first kappa shape index (κ1) is 12.9. The third-order valence-electron chi connectivity index (χ3n) is 3.87. The monoisotopic (exact) mass is 316 g/mol. The Labute approximate surface area is 122 Å². The Balaban J connectivity index is 1.91. The zero-order valence-corrected chi connectivity index (χ0v) is 12.4. The molecule has 1 N–H and O–H groups in total. The van der Waals surface area contributed by atoms with E-state index in [9.17, 15) is 5.11 Å². The van der Waals surface area contributed by atoms with Gasteiger partial charge in [0.2, 0.25) is 0 Å². The quantitative estimate of drug-likeness (QED) is 0.870. The predicted molar refractivity (Wildman–Crippen MR) is 81.3 cm³/mol. The minimum atomic E-state index is -0.527. The van der Waals surface area contributed by atoms with Gasteiger partial charge in [-0.05, 0) is 60.1 Å². The summed E-state index contributed by atoms with van der Waals surface area (Å²) in [5, 5.41) is 10.5.